The number of carbonyl (C=O) groups excluding carboxylic acids is 1. The number of hydrogen-bond acceptors (Lipinski definition) is 5. The number of fused-ring (bicyclic) bond motifs is 1. The van der Waals surface area contributed by atoms with E-state index in [4.69, 9.17) is 0 Å². The van der Waals surface area contributed by atoms with Crippen LogP contribution in [-0.4, -0.2) is 62.2 Å². The molecule has 1 aliphatic heterocycles. The highest BCUT2D eigenvalue weighted by Crippen LogP contribution is 2.28. The summed E-state index contributed by atoms with van der Waals surface area (Å²) in [6.07, 6.45) is 1.85. The highest BCUT2D eigenvalue weighted by molar-refractivity contribution is 5.92. The van der Waals surface area contributed by atoms with Gasteiger partial charge in [0.1, 0.15) is 17.2 Å². The predicted molar refractivity (Wildman–Crippen MR) is 119 cm³/mol. The normalized spacial score (nSPS) is 17.1. The summed E-state index contributed by atoms with van der Waals surface area (Å²) in [6, 6.07) is 15.8. The molecule has 0 aliphatic carbocycles. The molecule has 1 fully saturated rings. The smallest absolute Gasteiger partial charge is 0.272 e. The van der Waals surface area contributed by atoms with Gasteiger partial charge in [-0.2, -0.15) is 0 Å². The van der Waals surface area contributed by atoms with Crippen molar-refractivity contribution >= 4 is 11.4 Å². The quantitative estimate of drug-likeness (QED) is 0.499. The first kappa shape index (κ1) is 20.3. The van der Waals surface area contributed by atoms with E-state index in [1.54, 1.807) is 16.6 Å². The molecule has 1 amide bonds. The second-order valence-electron chi connectivity index (χ2n) is 8.14. The van der Waals surface area contributed by atoms with Gasteiger partial charge in [0.2, 0.25) is 0 Å². The van der Waals surface area contributed by atoms with Crippen LogP contribution in [0.3, 0.4) is 0 Å². The Morgan fingerprint density at radius 3 is 2.72 bits per heavy atom. The summed E-state index contributed by atoms with van der Waals surface area (Å²) in [5, 5.41) is 8.75. The molecule has 0 radical (unpaired) electrons. The molecular formula is C24H23FN6O. The lowest BCUT2D eigenvalue weighted by molar-refractivity contribution is 0.0536. The van der Waals surface area contributed by atoms with Crippen molar-refractivity contribution in [2.45, 2.75) is 13.0 Å². The Balaban J connectivity index is 1.44. The molecule has 5 rings (SSSR count). The van der Waals surface area contributed by atoms with Crippen molar-refractivity contribution in [3.8, 4) is 11.1 Å². The molecule has 1 saturated heterocycles. The van der Waals surface area contributed by atoms with Crippen LogP contribution in [0.2, 0.25) is 0 Å². The maximum absolute atomic E-state index is 13.6. The molecule has 0 saturated carbocycles. The lowest BCUT2D eigenvalue weighted by Crippen LogP contribution is -2.49. The lowest BCUT2D eigenvalue weighted by Gasteiger charge is -2.38. The van der Waals surface area contributed by atoms with E-state index >= 15 is 0 Å². The standard InChI is InChI=1S/C24H23FN6O/c1-16-5-3-8-20(26-16)24(32)30-12-11-29(2)22(15-30)23-21-10-9-18(14-31(21)28-27-23)17-6-4-7-19(25)13-17/h3-10,13-14,22H,11-12,15H2,1-2H3/t22-/m1/s1. The zero-order valence-electron chi connectivity index (χ0n) is 17.9. The van der Waals surface area contributed by atoms with E-state index in [2.05, 4.69) is 20.2 Å². The first-order valence-corrected chi connectivity index (χ1v) is 10.5. The zero-order chi connectivity index (χ0) is 22.2. The van der Waals surface area contributed by atoms with Gasteiger partial charge in [-0.05, 0) is 49.9 Å². The third-order valence-electron chi connectivity index (χ3n) is 5.96. The SMILES string of the molecule is Cc1cccc(C(=O)N2CCN(C)[C@@H](c3nnn4cc(-c5cccc(F)c5)ccc34)C2)n1. The van der Waals surface area contributed by atoms with E-state index in [0.717, 1.165) is 34.6 Å². The van der Waals surface area contributed by atoms with E-state index < -0.39 is 0 Å². The number of aromatic nitrogens is 4. The van der Waals surface area contributed by atoms with E-state index in [-0.39, 0.29) is 17.8 Å². The molecule has 1 aromatic carbocycles. The van der Waals surface area contributed by atoms with Crippen molar-refractivity contribution in [2.24, 2.45) is 0 Å². The summed E-state index contributed by atoms with van der Waals surface area (Å²) in [6.45, 7) is 3.74. The zero-order valence-corrected chi connectivity index (χ0v) is 17.9. The molecule has 3 aromatic heterocycles. The molecule has 7 nitrogen and oxygen atoms in total. The number of rotatable bonds is 3. The van der Waals surface area contributed by atoms with Crippen molar-refractivity contribution < 1.29 is 9.18 Å². The van der Waals surface area contributed by atoms with Gasteiger partial charge < -0.3 is 4.90 Å². The molecular weight excluding hydrogens is 407 g/mol. The van der Waals surface area contributed by atoms with Crippen LogP contribution < -0.4 is 0 Å². The van der Waals surface area contributed by atoms with Gasteiger partial charge >= 0.3 is 0 Å². The van der Waals surface area contributed by atoms with Gasteiger partial charge in [0.15, 0.2) is 0 Å². The molecule has 0 N–H and O–H groups in total. The average molecular weight is 430 g/mol. The highest BCUT2D eigenvalue weighted by Gasteiger charge is 2.32. The summed E-state index contributed by atoms with van der Waals surface area (Å²) in [5.74, 6) is -0.352. The first-order chi connectivity index (χ1) is 15.5. The van der Waals surface area contributed by atoms with Gasteiger partial charge in [-0.15, -0.1) is 5.10 Å². The Labute approximate surface area is 185 Å². The number of aryl methyl sites for hydroxylation is 1. The second kappa shape index (κ2) is 8.12. The minimum Gasteiger partial charge on any atom is -0.334 e. The van der Waals surface area contributed by atoms with Crippen LogP contribution in [0.4, 0.5) is 4.39 Å². The number of nitrogens with zero attached hydrogens (tertiary/aromatic N) is 6. The Bertz CT molecular complexity index is 1300. The Morgan fingerprint density at radius 2 is 1.91 bits per heavy atom. The fourth-order valence-corrected chi connectivity index (χ4v) is 4.17. The van der Waals surface area contributed by atoms with Gasteiger partial charge in [0.25, 0.3) is 5.91 Å². The van der Waals surface area contributed by atoms with Crippen LogP contribution in [0.1, 0.15) is 27.9 Å². The van der Waals surface area contributed by atoms with Crippen molar-refractivity contribution in [1.29, 1.82) is 0 Å². The minimum atomic E-state index is -0.279. The number of pyridine rings is 2. The van der Waals surface area contributed by atoms with Crippen molar-refractivity contribution in [2.75, 3.05) is 26.7 Å². The van der Waals surface area contributed by atoms with Gasteiger partial charge in [-0.3, -0.25) is 9.69 Å². The number of piperazine rings is 1. The molecule has 162 valence electrons. The summed E-state index contributed by atoms with van der Waals surface area (Å²) >= 11 is 0. The highest BCUT2D eigenvalue weighted by atomic mass is 19.1. The summed E-state index contributed by atoms with van der Waals surface area (Å²) in [5.41, 5.74) is 4.59. The number of amides is 1. The largest absolute Gasteiger partial charge is 0.334 e. The van der Waals surface area contributed by atoms with E-state index in [1.807, 2.05) is 55.4 Å². The number of hydrogen-bond donors (Lipinski definition) is 0. The molecule has 1 atom stereocenters. The van der Waals surface area contributed by atoms with Crippen LogP contribution in [0.5, 0.6) is 0 Å². The van der Waals surface area contributed by atoms with E-state index in [0.29, 0.717) is 18.8 Å². The number of likely N-dealkylation sites (N-methyl/N-ethyl adjacent to an activating group) is 1. The van der Waals surface area contributed by atoms with Gasteiger partial charge in [-0.25, -0.2) is 13.9 Å². The van der Waals surface area contributed by atoms with Crippen LogP contribution in [0.15, 0.2) is 60.8 Å². The molecule has 4 heterocycles. The Morgan fingerprint density at radius 1 is 1.06 bits per heavy atom. The number of carbonyl (C=O) groups is 1. The van der Waals surface area contributed by atoms with E-state index in [1.165, 1.54) is 12.1 Å². The molecule has 0 spiro atoms. The van der Waals surface area contributed by atoms with Crippen LogP contribution in [-0.2, 0) is 0 Å². The maximum Gasteiger partial charge on any atom is 0.272 e. The second-order valence-corrected chi connectivity index (χ2v) is 8.14. The van der Waals surface area contributed by atoms with Gasteiger partial charge in [0.05, 0.1) is 11.6 Å². The average Bonchev–Trinajstić information content (AvgIpc) is 3.22. The summed E-state index contributed by atoms with van der Waals surface area (Å²) in [7, 11) is 2.03. The van der Waals surface area contributed by atoms with Crippen molar-refractivity contribution in [3.05, 3.63) is 83.7 Å². The monoisotopic (exact) mass is 430 g/mol. The fourth-order valence-electron chi connectivity index (χ4n) is 4.17. The molecule has 8 heteroatoms. The maximum atomic E-state index is 13.6. The third-order valence-corrected chi connectivity index (χ3v) is 5.96. The first-order valence-electron chi connectivity index (χ1n) is 10.5. The van der Waals surface area contributed by atoms with Crippen molar-refractivity contribution in [1.82, 2.24) is 29.6 Å². The van der Waals surface area contributed by atoms with Gasteiger partial charge in [0, 0.05) is 37.1 Å². The predicted octanol–water partition coefficient (Wildman–Crippen LogP) is 3.37. The fraction of sp³-hybridized carbons (Fsp3) is 0.250. The summed E-state index contributed by atoms with van der Waals surface area (Å²) < 4.78 is 15.3. The van der Waals surface area contributed by atoms with Crippen LogP contribution >= 0.6 is 0 Å². The lowest BCUT2D eigenvalue weighted by atomic mass is 10.1. The van der Waals surface area contributed by atoms with E-state index in [9.17, 15) is 9.18 Å². The summed E-state index contributed by atoms with van der Waals surface area (Å²) in [4.78, 5) is 21.5. The Hall–Kier alpha value is -3.65. The molecule has 0 unspecified atom stereocenters. The van der Waals surface area contributed by atoms with Crippen molar-refractivity contribution in [3.63, 3.8) is 0 Å². The number of halogens is 1. The molecule has 4 aromatic rings. The van der Waals surface area contributed by atoms with Crippen LogP contribution in [0, 0.1) is 12.7 Å². The van der Waals surface area contributed by atoms with Crippen LogP contribution in [0.25, 0.3) is 16.6 Å². The third kappa shape index (κ3) is 3.73. The minimum absolute atomic E-state index is 0.0725. The number of benzene rings is 1. The van der Waals surface area contributed by atoms with Gasteiger partial charge in [-0.1, -0.05) is 29.5 Å². The molecule has 32 heavy (non-hydrogen) atoms. The molecule has 0 bridgehead atoms. The topological polar surface area (TPSA) is 66.6 Å². The molecule has 1 aliphatic rings. The Kier molecular flexibility index (Phi) is 5.14.